The second kappa shape index (κ2) is 8.98. The van der Waals surface area contributed by atoms with E-state index in [0.717, 1.165) is 12.1 Å². The highest BCUT2D eigenvalue weighted by Crippen LogP contribution is 2.24. The molecule has 0 atom stereocenters. The number of hydrogen-bond acceptors (Lipinski definition) is 5. The molecule has 0 radical (unpaired) electrons. The van der Waals surface area contributed by atoms with Crippen LogP contribution in [0.25, 0.3) is 0 Å². The summed E-state index contributed by atoms with van der Waals surface area (Å²) < 4.78 is 0. The van der Waals surface area contributed by atoms with E-state index < -0.39 is 10.8 Å². The Morgan fingerprint density at radius 3 is 2.43 bits per heavy atom. The van der Waals surface area contributed by atoms with Crippen LogP contribution in [0.5, 0.6) is 0 Å². The van der Waals surface area contributed by atoms with Crippen LogP contribution in [0.1, 0.15) is 39.6 Å². The van der Waals surface area contributed by atoms with Gasteiger partial charge in [0, 0.05) is 49.2 Å². The Morgan fingerprint density at radius 1 is 1.11 bits per heavy atom. The quantitative estimate of drug-likeness (QED) is 0.563. The molecule has 0 aliphatic heterocycles. The zero-order valence-electron chi connectivity index (χ0n) is 16.4. The number of amides is 2. The molecule has 8 heteroatoms. The Bertz CT molecular complexity index is 909. The van der Waals surface area contributed by atoms with Gasteiger partial charge in [-0.25, -0.2) is 0 Å². The van der Waals surface area contributed by atoms with E-state index in [4.69, 9.17) is 0 Å². The van der Waals surface area contributed by atoms with Crippen LogP contribution < -0.4 is 15.5 Å². The van der Waals surface area contributed by atoms with E-state index in [1.54, 1.807) is 25.1 Å². The van der Waals surface area contributed by atoms with Crippen LogP contribution in [0.4, 0.5) is 17.1 Å². The Morgan fingerprint density at radius 2 is 1.82 bits per heavy atom. The molecule has 2 aromatic rings. The van der Waals surface area contributed by atoms with E-state index >= 15 is 0 Å². The third-order valence-corrected chi connectivity index (χ3v) is 4.18. The number of carbonyl (C=O) groups is 2. The molecule has 0 saturated heterocycles. The number of rotatable bonds is 7. The van der Waals surface area contributed by atoms with Crippen LogP contribution in [-0.2, 0) is 0 Å². The van der Waals surface area contributed by atoms with Crippen LogP contribution in [0, 0.1) is 17.0 Å². The van der Waals surface area contributed by atoms with Crippen LogP contribution in [0.2, 0.25) is 0 Å². The van der Waals surface area contributed by atoms with Crippen molar-refractivity contribution >= 4 is 28.9 Å². The van der Waals surface area contributed by atoms with Gasteiger partial charge >= 0.3 is 0 Å². The Kier molecular flexibility index (Phi) is 6.70. The number of aryl methyl sites for hydroxylation is 1. The van der Waals surface area contributed by atoms with Crippen molar-refractivity contribution in [3.05, 3.63) is 63.2 Å². The van der Waals surface area contributed by atoms with Crippen LogP contribution in [0.15, 0.2) is 36.4 Å². The Labute approximate surface area is 163 Å². The molecule has 2 aromatic carbocycles. The Balaban J connectivity index is 2.31. The maximum absolute atomic E-state index is 12.5. The monoisotopic (exact) mass is 384 g/mol. The summed E-state index contributed by atoms with van der Waals surface area (Å²) in [7, 11) is 3.66. The number of nitro groups is 1. The first-order valence-electron chi connectivity index (χ1n) is 8.90. The minimum atomic E-state index is -0.520. The van der Waals surface area contributed by atoms with E-state index in [-0.39, 0.29) is 17.2 Å². The number of hydrogen-bond donors (Lipinski definition) is 2. The zero-order valence-corrected chi connectivity index (χ0v) is 16.4. The molecule has 0 saturated carbocycles. The fraction of sp³-hybridized carbons (Fsp3) is 0.300. The van der Waals surface area contributed by atoms with Gasteiger partial charge in [-0.15, -0.1) is 0 Å². The van der Waals surface area contributed by atoms with Gasteiger partial charge in [0.2, 0.25) is 0 Å². The molecule has 2 N–H and O–H groups in total. The SMILES string of the molecule is CCCNC(=O)c1cc(NC(=O)c2ccc(C)c([N+](=O)[O-])c2)ccc1N(C)C. The number of nitrogens with zero attached hydrogens (tertiary/aromatic N) is 2. The van der Waals surface area contributed by atoms with Gasteiger partial charge in [0.15, 0.2) is 0 Å². The summed E-state index contributed by atoms with van der Waals surface area (Å²) in [5, 5.41) is 16.6. The van der Waals surface area contributed by atoms with Crippen molar-refractivity contribution in [3.63, 3.8) is 0 Å². The van der Waals surface area contributed by atoms with Crippen molar-refractivity contribution in [2.75, 3.05) is 30.9 Å². The highest BCUT2D eigenvalue weighted by Gasteiger charge is 2.17. The molecule has 8 nitrogen and oxygen atoms in total. The van der Waals surface area contributed by atoms with Crippen molar-refractivity contribution in [1.82, 2.24) is 5.32 Å². The minimum Gasteiger partial charge on any atom is -0.377 e. The molecule has 0 unspecified atom stereocenters. The first-order chi connectivity index (χ1) is 13.2. The average molecular weight is 384 g/mol. The van der Waals surface area contributed by atoms with Crippen molar-refractivity contribution in [2.24, 2.45) is 0 Å². The fourth-order valence-electron chi connectivity index (χ4n) is 2.67. The lowest BCUT2D eigenvalue weighted by atomic mass is 10.1. The lowest BCUT2D eigenvalue weighted by Gasteiger charge is -2.18. The molecule has 148 valence electrons. The summed E-state index contributed by atoms with van der Waals surface area (Å²) in [6, 6.07) is 9.33. The van der Waals surface area contributed by atoms with Gasteiger partial charge in [0.25, 0.3) is 17.5 Å². The third-order valence-electron chi connectivity index (χ3n) is 4.18. The van der Waals surface area contributed by atoms with Crippen LogP contribution >= 0.6 is 0 Å². The maximum atomic E-state index is 12.5. The fourth-order valence-corrected chi connectivity index (χ4v) is 2.67. The zero-order chi connectivity index (χ0) is 20.8. The van der Waals surface area contributed by atoms with E-state index in [9.17, 15) is 19.7 Å². The molecular formula is C20H24N4O4. The van der Waals surface area contributed by atoms with Crippen molar-refractivity contribution in [2.45, 2.75) is 20.3 Å². The van der Waals surface area contributed by atoms with Gasteiger partial charge in [-0.1, -0.05) is 13.0 Å². The lowest BCUT2D eigenvalue weighted by Crippen LogP contribution is -2.26. The smallest absolute Gasteiger partial charge is 0.273 e. The standard InChI is InChI=1S/C20H24N4O4/c1-5-10-21-20(26)16-12-15(8-9-17(16)23(3)4)22-19(25)14-7-6-13(2)18(11-14)24(27)28/h6-9,11-12H,5,10H2,1-4H3,(H,21,26)(H,22,25). The normalized spacial score (nSPS) is 10.3. The summed E-state index contributed by atoms with van der Waals surface area (Å²) in [6.07, 6.45) is 0.811. The van der Waals surface area contributed by atoms with Crippen LogP contribution in [-0.4, -0.2) is 37.4 Å². The molecule has 0 aliphatic carbocycles. The number of anilines is 2. The summed E-state index contributed by atoms with van der Waals surface area (Å²) >= 11 is 0. The van der Waals surface area contributed by atoms with E-state index in [0.29, 0.717) is 23.4 Å². The average Bonchev–Trinajstić information content (AvgIpc) is 2.65. The molecular weight excluding hydrogens is 360 g/mol. The van der Waals surface area contributed by atoms with Crippen molar-refractivity contribution in [1.29, 1.82) is 0 Å². The first kappa shape index (κ1) is 20.9. The largest absolute Gasteiger partial charge is 0.377 e. The van der Waals surface area contributed by atoms with E-state index in [1.807, 2.05) is 25.9 Å². The summed E-state index contributed by atoms with van der Waals surface area (Å²) in [4.78, 5) is 37.4. The number of benzene rings is 2. The second-order valence-electron chi connectivity index (χ2n) is 6.59. The molecule has 28 heavy (non-hydrogen) atoms. The van der Waals surface area contributed by atoms with Crippen molar-refractivity contribution in [3.8, 4) is 0 Å². The van der Waals surface area contributed by atoms with Gasteiger partial charge in [0.1, 0.15) is 0 Å². The van der Waals surface area contributed by atoms with Crippen molar-refractivity contribution < 1.29 is 14.5 Å². The molecule has 2 rings (SSSR count). The van der Waals surface area contributed by atoms with Gasteiger partial charge in [-0.05, 0) is 37.6 Å². The molecule has 0 heterocycles. The maximum Gasteiger partial charge on any atom is 0.273 e. The molecule has 0 aromatic heterocycles. The summed E-state index contributed by atoms with van der Waals surface area (Å²) in [5.74, 6) is -0.715. The predicted octanol–water partition coefficient (Wildman–Crippen LogP) is 3.36. The molecule has 2 amide bonds. The van der Waals surface area contributed by atoms with E-state index in [1.165, 1.54) is 18.2 Å². The summed E-state index contributed by atoms with van der Waals surface area (Å²) in [6.45, 7) is 4.13. The molecule has 0 bridgehead atoms. The van der Waals surface area contributed by atoms with Gasteiger partial charge in [0.05, 0.1) is 10.5 Å². The van der Waals surface area contributed by atoms with Gasteiger partial charge in [-0.3, -0.25) is 19.7 Å². The number of nitro benzene ring substituents is 1. The highest BCUT2D eigenvalue weighted by molar-refractivity contribution is 6.06. The van der Waals surface area contributed by atoms with Gasteiger partial charge in [-0.2, -0.15) is 0 Å². The Hall–Kier alpha value is -3.42. The number of carbonyl (C=O) groups excluding carboxylic acids is 2. The van der Waals surface area contributed by atoms with Crippen LogP contribution in [0.3, 0.4) is 0 Å². The second-order valence-corrected chi connectivity index (χ2v) is 6.59. The lowest BCUT2D eigenvalue weighted by molar-refractivity contribution is -0.385. The highest BCUT2D eigenvalue weighted by atomic mass is 16.6. The predicted molar refractivity (Wildman–Crippen MR) is 109 cm³/mol. The topological polar surface area (TPSA) is 105 Å². The van der Waals surface area contributed by atoms with Gasteiger partial charge < -0.3 is 15.5 Å². The molecule has 0 aliphatic rings. The molecule has 0 fully saturated rings. The summed E-state index contributed by atoms with van der Waals surface area (Å²) in [5.41, 5.74) is 2.12. The first-order valence-corrected chi connectivity index (χ1v) is 8.90. The van der Waals surface area contributed by atoms with E-state index in [2.05, 4.69) is 10.6 Å². The third kappa shape index (κ3) is 4.85. The number of nitrogens with one attached hydrogen (secondary N) is 2. The minimum absolute atomic E-state index is 0.116. The molecule has 0 spiro atoms.